The summed E-state index contributed by atoms with van der Waals surface area (Å²) in [5.74, 6) is 0.631. The number of nitrogens with zero attached hydrogens (tertiary/aromatic N) is 5. The van der Waals surface area contributed by atoms with Crippen LogP contribution in [0.4, 0.5) is 5.13 Å². The number of hydrogen-bond donors (Lipinski definition) is 2. The zero-order valence-electron chi connectivity index (χ0n) is 21.7. The third kappa shape index (κ3) is 6.80. The number of carbonyl (C=O) groups excluding carboxylic acids is 2. The van der Waals surface area contributed by atoms with E-state index in [1.807, 2.05) is 11.0 Å². The molecule has 2 amide bonds. The van der Waals surface area contributed by atoms with Gasteiger partial charge < -0.3 is 25.0 Å². The van der Waals surface area contributed by atoms with Crippen LogP contribution < -0.4 is 15.0 Å². The molecule has 1 aliphatic carbocycles. The first kappa shape index (κ1) is 27.6. The predicted molar refractivity (Wildman–Crippen MR) is 147 cm³/mol. The molecule has 2 N–H and O–H groups in total. The number of rotatable bonds is 6. The highest BCUT2D eigenvalue weighted by Gasteiger charge is 2.32. The first-order chi connectivity index (χ1) is 18.9. The minimum atomic E-state index is -0.288. The molecule has 2 saturated heterocycles. The Morgan fingerprint density at radius 2 is 1.77 bits per heavy atom. The molecular weight excluding hydrogens is 540 g/mol. The Hall–Kier alpha value is -2.94. The molecule has 3 heterocycles. The second kappa shape index (κ2) is 12.5. The Labute approximate surface area is 236 Å². The van der Waals surface area contributed by atoms with Crippen LogP contribution in [-0.4, -0.2) is 76.4 Å². The highest BCUT2D eigenvalue weighted by Crippen LogP contribution is 2.30. The molecule has 3 aliphatic rings. The molecule has 0 bridgehead atoms. The van der Waals surface area contributed by atoms with Crippen molar-refractivity contribution in [2.45, 2.75) is 69.6 Å². The van der Waals surface area contributed by atoms with Gasteiger partial charge in [-0.1, -0.05) is 22.9 Å². The highest BCUT2D eigenvalue weighted by atomic mass is 35.5. The molecule has 1 aromatic carbocycles. The first-order valence-corrected chi connectivity index (χ1v) is 14.8. The van der Waals surface area contributed by atoms with Gasteiger partial charge in [-0.25, -0.2) is 0 Å². The van der Waals surface area contributed by atoms with Gasteiger partial charge in [0.2, 0.25) is 16.0 Å². The van der Waals surface area contributed by atoms with Crippen LogP contribution in [0.5, 0.6) is 5.75 Å². The van der Waals surface area contributed by atoms with Crippen molar-refractivity contribution < 1.29 is 19.4 Å². The van der Waals surface area contributed by atoms with Crippen molar-refractivity contribution in [1.29, 1.82) is 5.26 Å². The monoisotopic (exact) mass is 572 g/mol. The van der Waals surface area contributed by atoms with Crippen molar-refractivity contribution in [3.63, 3.8) is 0 Å². The molecule has 208 valence electrons. The Kier molecular flexibility index (Phi) is 8.85. The summed E-state index contributed by atoms with van der Waals surface area (Å²) >= 11 is 7.39. The summed E-state index contributed by atoms with van der Waals surface area (Å²) in [6.07, 6.45) is 5.75. The molecule has 1 aromatic heterocycles. The van der Waals surface area contributed by atoms with Gasteiger partial charge >= 0.3 is 0 Å². The van der Waals surface area contributed by atoms with E-state index in [1.54, 1.807) is 18.2 Å². The van der Waals surface area contributed by atoms with E-state index in [9.17, 15) is 14.7 Å². The van der Waals surface area contributed by atoms with E-state index in [4.69, 9.17) is 21.6 Å². The number of carbonyl (C=O) groups is 2. The van der Waals surface area contributed by atoms with E-state index in [0.29, 0.717) is 65.5 Å². The minimum Gasteiger partial charge on any atom is -0.490 e. The number of amides is 2. The van der Waals surface area contributed by atoms with Crippen molar-refractivity contribution >= 4 is 39.9 Å². The molecule has 2 aromatic rings. The number of nitriles is 1. The van der Waals surface area contributed by atoms with Gasteiger partial charge in [-0.3, -0.25) is 9.59 Å². The molecule has 10 nitrogen and oxygen atoms in total. The zero-order chi connectivity index (χ0) is 27.4. The summed E-state index contributed by atoms with van der Waals surface area (Å²) in [6.45, 7) is 2.68. The summed E-state index contributed by atoms with van der Waals surface area (Å²) in [5, 5.41) is 31.6. The number of aromatic nitrogens is 2. The second-order valence-corrected chi connectivity index (χ2v) is 11.9. The van der Waals surface area contributed by atoms with Crippen LogP contribution in [0.25, 0.3) is 0 Å². The Balaban J connectivity index is 1.05. The summed E-state index contributed by atoms with van der Waals surface area (Å²) in [4.78, 5) is 29.7. The van der Waals surface area contributed by atoms with Crippen molar-refractivity contribution in [3.8, 4) is 11.8 Å². The third-order valence-electron chi connectivity index (χ3n) is 7.87. The standard InChI is InChI=1S/C27H33ClN6O4S/c28-23-15-22(4-1-18(23)16-29)38-21-5-2-19(3-6-21)30-24(36)25-31-32-27(39-25)34-11-7-17(8-12-34)26(37)33-13-9-20(35)10-14-33/h1,4,15,17,19-21,35H,2-3,5-14H2,(H,30,36). The fraction of sp³-hybridized carbons (Fsp3) is 0.593. The van der Waals surface area contributed by atoms with Gasteiger partial charge in [-0.2, -0.15) is 5.26 Å². The molecule has 3 fully saturated rings. The summed E-state index contributed by atoms with van der Waals surface area (Å²) < 4.78 is 6.04. The average Bonchev–Trinajstić information content (AvgIpc) is 3.45. The van der Waals surface area contributed by atoms with Crippen LogP contribution in [-0.2, 0) is 4.79 Å². The number of piperidine rings is 2. The van der Waals surface area contributed by atoms with E-state index in [2.05, 4.69) is 20.4 Å². The van der Waals surface area contributed by atoms with E-state index in [-0.39, 0.29) is 36.0 Å². The van der Waals surface area contributed by atoms with E-state index in [1.165, 1.54) is 11.3 Å². The van der Waals surface area contributed by atoms with E-state index < -0.39 is 0 Å². The van der Waals surface area contributed by atoms with E-state index >= 15 is 0 Å². The number of ether oxygens (including phenoxy) is 1. The Morgan fingerprint density at radius 3 is 2.44 bits per heavy atom. The number of aliphatic hydroxyl groups excluding tert-OH is 1. The van der Waals surface area contributed by atoms with Crippen LogP contribution in [0.2, 0.25) is 5.02 Å². The van der Waals surface area contributed by atoms with Crippen molar-refractivity contribution in [3.05, 3.63) is 33.8 Å². The Bertz CT molecular complexity index is 1210. The van der Waals surface area contributed by atoms with Crippen LogP contribution >= 0.6 is 22.9 Å². The lowest BCUT2D eigenvalue weighted by atomic mass is 9.93. The number of nitrogens with one attached hydrogen (secondary N) is 1. The number of hydrogen-bond acceptors (Lipinski definition) is 9. The second-order valence-electron chi connectivity index (χ2n) is 10.5. The number of likely N-dealkylation sites (tertiary alicyclic amines) is 1. The molecule has 2 aliphatic heterocycles. The predicted octanol–water partition coefficient (Wildman–Crippen LogP) is 3.38. The van der Waals surface area contributed by atoms with Crippen LogP contribution in [0.15, 0.2) is 18.2 Å². The molecule has 1 saturated carbocycles. The van der Waals surface area contributed by atoms with Crippen LogP contribution in [0, 0.1) is 17.2 Å². The van der Waals surface area contributed by atoms with Crippen LogP contribution in [0.1, 0.15) is 66.7 Å². The molecule has 5 rings (SSSR count). The number of benzene rings is 1. The Morgan fingerprint density at radius 1 is 1.05 bits per heavy atom. The molecule has 0 unspecified atom stereocenters. The maximum Gasteiger partial charge on any atom is 0.282 e. The van der Waals surface area contributed by atoms with Crippen LogP contribution in [0.3, 0.4) is 0 Å². The zero-order valence-corrected chi connectivity index (χ0v) is 23.3. The molecule has 0 atom stereocenters. The molecule has 0 radical (unpaired) electrons. The van der Waals surface area contributed by atoms with E-state index in [0.717, 1.165) is 38.5 Å². The normalized spacial score (nSPS) is 22.8. The number of aliphatic hydroxyl groups is 1. The van der Waals surface area contributed by atoms with Crippen molar-refractivity contribution in [2.24, 2.45) is 5.92 Å². The number of halogens is 1. The lowest BCUT2D eigenvalue weighted by molar-refractivity contribution is -0.138. The average molecular weight is 573 g/mol. The fourth-order valence-electron chi connectivity index (χ4n) is 5.52. The summed E-state index contributed by atoms with van der Waals surface area (Å²) in [5.41, 5.74) is 0.421. The van der Waals surface area contributed by atoms with Gasteiger partial charge in [-0.05, 0) is 63.5 Å². The molecule has 39 heavy (non-hydrogen) atoms. The van der Waals surface area contributed by atoms with Gasteiger partial charge in [0.1, 0.15) is 11.8 Å². The van der Waals surface area contributed by atoms with Gasteiger partial charge in [0.05, 0.1) is 22.8 Å². The maximum atomic E-state index is 12.9. The largest absolute Gasteiger partial charge is 0.490 e. The topological polar surface area (TPSA) is 132 Å². The third-order valence-corrected chi connectivity index (χ3v) is 9.17. The van der Waals surface area contributed by atoms with Gasteiger partial charge in [-0.15, -0.1) is 10.2 Å². The SMILES string of the molecule is N#Cc1ccc(OC2CCC(NC(=O)c3nnc(N4CCC(C(=O)N5CCC(O)CC5)CC4)s3)CC2)cc1Cl. The van der Waals surface area contributed by atoms with Crippen molar-refractivity contribution in [2.75, 3.05) is 31.1 Å². The smallest absolute Gasteiger partial charge is 0.282 e. The molecule has 12 heteroatoms. The van der Waals surface area contributed by atoms with Crippen molar-refractivity contribution in [1.82, 2.24) is 20.4 Å². The fourth-order valence-corrected chi connectivity index (χ4v) is 6.53. The maximum absolute atomic E-state index is 12.9. The summed E-state index contributed by atoms with van der Waals surface area (Å²) in [6, 6.07) is 7.17. The highest BCUT2D eigenvalue weighted by molar-refractivity contribution is 7.17. The summed E-state index contributed by atoms with van der Waals surface area (Å²) in [7, 11) is 0. The lowest BCUT2D eigenvalue weighted by Gasteiger charge is -2.36. The van der Waals surface area contributed by atoms with Gasteiger partial charge in [0.15, 0.2) is 0 Å². The van der Waals surface area contributed by atoms with Gasteiger partial charge in [0.25, 0.3) is 5.91 Å². The molecule has 0 spiro atoms. The van der Waals surface area contributed by atoms with Gasteiger partial charge in [0, 0.05) is 44.2 Å². The minimum absolute atomic E-state index is 0.000174. The first-order valence-electron chi connectivity index (χ1n) is 13.6. The molecular formula is C27H33ClN6O4S. The number of anilines is 1. The quantitative estimate of drug-likeness (QED) is 0.538. The lowest BCUT2D eigenvalue weighted by Crippen LogP contribution is -2.46.